The normalized spacial score (nSPS) is 15.1. The molecule has 174 valence electrons. The molecule has 3 rings (SSSR count). The number of hydrogen-bond acceptors (Lipinski definition) is 5. The standard InChI is InChI=1S/C22H23Cl2N5O4/c1-13(30)26-19-16(23)10-14(11-17(19)24)12-29(22(32)33)21(25)27-20(31)18-8-5-9-28(18)15-6-3-2-4-7-15/h2-4,6-7,10-11,18H,5,8-9,12H2,1H3,(H,26,30)(H,32,33)(H2,25,27,31). The van der Waals surface area contributed by atoms with Crippen LogP contribution in [0.1, 0.15) is 25.3 Å². The summed E-state index contributed by atoms with van der Waals surface area (Å²) in [6.45, 7) is 1.72. The molecule has 2 aromatic rings. The van der Waals surface area contributed by atoms with Crippen LogP contribution in [-0.2, 0) is 16.1 Å². The number of nitrogens with zero attached hydrogens (tertiary/aromatic N) is 2. The molecule has 11 heteroatoms. The fraction of sp³-hybridized carbons (Fsp3) is 0.273. The molecule has 0 aliphatic carbocycles. The van der Waals surface area contributed by atoms with Gasteiger partial charge in [0.2, 0.25) is 17.8 Å². The number of nitrogens with one attached hydrogen (secondary N) is 3. The van der Waals surface area contributed by atoms with E-state index in [1.54, 1.807) is 0 Å². The van der Waals surface area contributed by atoms with Gasteiger partial charge in [0.1, 0.15) is 6.04 Å². The number of carboxylic acid groups (broad SMARTS) is 1. The van der Waals surface area contributed by atoms with Gasteiger partial charge in [0.05, 0.1) is 22.3 Å². The van der Waals surface area contributed by atoms with E-state index in [2.05, 4.69) is 10.6 Å². The summed E-state index contributed by atoms with van der Waals surface area (Å²) in [6, 6.07) is 11.8. The predicted octanol–water partition coefficient (Wildman–Crippen LogP) is 4.15. The zero-order chi connectivity index (χ0) is 24.1. The third-order valence-corrected chi connectivity index (χ3v) is 5.73. The van der Waals surface area contributed by atoms with Gasteiger partial charge in [-0.05, 0) is 42.7 Å². The van der Waals surface area contributed by atoms with Crippen molar-refractivity contribution < 1.29 is 19.5 Å². The van der Waals surface area contributed by atoms with Crippen molar-refractivity contribution in [2.24, 2.45) is 0 Å². The lowest BCUT2D eigenvalue weighted by Gasteiger charge is -2.27. The van der Waals surface area contributed by atoms with Crippen molar-refractivity contribution in [3.8, 4) is 0 Å². The second-order valence-corrected chi connectivity index (χ2v) is 8.32. The first kappa shape index (κ1) is 24.3. The second-order valence-electron chi connectivity index (χ2n) is 7.51. The number of para-hydroxylation sites is 1. The SMILES string of the molecule is CC(=O)Nc1c(Cl)cc(CN(C(=N)NC(=O)C2CCCN2c2ccccc2)C(=O)O)cc1Cl. The van der Waals surface area contributed by atoms with E-state index in [1.165, 1.54) is 19.1 Å². The largest absolute Gasteiger partial charge is 0.465 e. The highest BCUT2D eigenvalue weighted by Crippen LogP contribution is 2.32. The molecule has 1 aliphatic rings. The second kappa shape index (κ2) is 10.5. The first-order valence-corrected chi connectivity index (χ1v) is 10.9. The van der Waals surface area contributed by atoms with Crippen LogP contribution < -0.4 is 15.5 Å². The van der Waals surface area contributed by atoms with Crippen molar-refractivity contribution in [1.82, 2.24) is 10.2 Å². The summed E-state index contributed by atoms with van der Waals surface area (Å²) >= 11 is 12.3. The summed E-state index contributed by atoms with van der Waals surface area (Å²) in [7, 11) is 0. The number of carbonyl (C=O) groups excluding carboxylic acids is 2. The lowest BCUT2D eigenvalue weighted by Crippen LogP contribution is -2.51. The molecule has 1 heterocycles. The van der Waals surface area contributed by atoms with Crippen LogP contribution in [-0.4, -0.2) is 46.5 Å². The van der Waals surface area contributed by atoms with Gasteiger partial charge >= 0.3 is 6.09 Å². The molecule has 1 unspecified atom stereocenters. The Morgan fingerprint density at radius 2 is 1.82 bits per heavy atom. The molecule has 3 amide bonds. The molecule has 1 saturated heterocycles. The first-order valence-electron chi connectivity index (χ1n) is 10.1. The highest BCUT2D eigenvalue weighted by atomic mass is 35.5. The Balaban J connectivity index is 1.72. The average Bonchev–Trinajstić information content (AvgIpc) is 3.25. The van der Waals surface area contributed by atoms with Crippen LogP contribution in [0.5, 0.6) is 0 Å². The molecule has 1 fully saturated rings. The molecule has 1 aliphatic heterocycles. The molecule has 33 heavy (non-hydrogen) atoms. The Kier molecular flexibility index (Phi) is 7.78. The number of rotatable bonds is 5. The molecule has 0 saturated carbocycles. The van der Waals surface area contributed by atoms with Gasteiger partial charge in [0.25, 0.3) is 0 Å². The van der Waals surface area contributed by atoms with E-state index in [1.807, 2.05) is 35.2 Å². The molecular weight excluding hydrogens is 469 g/mol. The minimum atomic E-state index is -1.43. The fourth-order valence-electron chi connectivity index (χ4n) is 3.67. The van der Waals surface area contributed by atoms with E-state index in [0.29, 0.717) is 23.4 Å². The summed E-state index contributed by atoms with van der Waals surface area (Å²) in [5, 5.41) is 23.0. The van der Waals surface area contributed by atoms with E-state index in [4.69, 9.17) is 28.6 Å². The van der Waals surface area contributed by atoms with Crippen molar-refractivity contribution in [3.63, 3.8) is 0 Å². The van der Waals surface area contributed by atoms with Gasteiger partial charge in [-0.2, -0.15) is 0 Å². The van der Waals surface area contributed by atoms with Crippen LogP contribution in [0.15, 0.2) is 42.5 Å². The summed E-state index contributed by atoms with van der Waals surface area (Å²) in [5.74, 6) is -1.39. The van der Waals surface area contributed by atoms with Crippen LogP contribution in [0.2, 0.25) is 10.0 Å². The van der Waals surface area contributed by atoms with Crippen molar-refractivity contribution in [2.45, 2.75) is 32.4 Å². The van der Waals surface area contributed by atoms with Gasteiger partial charge in [0, 0.05) is 19.2 Å². The van der Waals surface area contributed by atoms with Gasteiger partial charge in [-0.1, -0.05) is 41.4 Å². The number of benzene rings is 2. The van der Waals surface area contributed by atoms with Crippen molar-refractivity contribution in [2.75, 3.05) is 16.8 Å². The number of carbonyl (C=O) groups is 3. The molecule has 0 radical (unpaired) electrons. The Morgan fingerprint density at radius 3 is 2.39 bits per heavy atom. The summed E-state index contributed by atoms with van der Waals surface area (Å²) < 4.78 is 0. The van der Waals surface area contributed by atoms with E-state index in [-0.39, 0.29) is 28.2 Å². The van der Waals surface area contributed by atoms with Gasteiger partial charge in [-0.15, -0.1) is 0 Å². The smallest absolute Gasteiger partial charge is 0.414 e. The van der Waals surface area contributed by atoms with Gasteiger partial charge in [0.15, 0.2) is 0 Å². The lowest BCUT2D eigenvalue weighted by molar-refractivity contribution is -0.121. The summed E-state index contributed by atoms with van der Waals surface area (Å²) in [5.41, 5.74) is 1.48. The predicted molar refractivity (Wildman–Crippen MR) is 127 cm³/mol. The zero-order valence-electron chi connectivity index (χ0n) is 17.8. The highest BCUT2D eigenvalue weighted by molar-refractivity contribution is 6.39. The maximum atomic E-state index is 12.9. The Labute approximate surface area is 200 Å². The molecule has 4 N–H and O–H groups in total. The number of amides is 3. The van der Waals surface area contributed by atoms with Crippen molar-refractivity contribution in [3.05, 3.63) is 58.1 Å². The number of anilines is 2. The van der Waals surface area contributed by atoms with Crippen molar-refractivity contribution in [1.29, 1.82) is 5.41 Å². The van der Waals surface area contributed by atoms with Crippen molar-refractivity contribution >= 4 is 58.4 Å². The first-order chi connectivity index (χ1) is 15.7. The third kappa shape index (κ3) is 5.94. The fourth-order valence-corrected chi connectivity index (χ4v) is 4.30. The summed E-state index contributed by atoms with van der Waals surface area (Å²) in [6.07, 6.45) is -0.0258. The van der Waals surface area contributed by atoms with Gasteiger partial charge in [-0.3, -0.25) is 20.3 Å². The molecule has 9 nitrogen and oxygen atoms in total. The maximum absolute atomic E-state index is 12.9. The zero-order valence-corrected chi connectivity index (χ0v) is 19.3. The topological polar surface area (TPSA) is 126 Å². The molecule has 0 bridgehead atoms. The Morgan fingerprint density at radius 1 is 1.18 bits per heavy atom. The monoisotopic (exact) mass is 491 g/mol. The van der Waals surface area contributed by atoms with Crippen LogP contribution >= 0.6 is 23.2 Å². The van der Waals surface area contributed by atoms with E-state index < -0.39 is 24.0 Å². The molecule has 0 aromatic heterocycles. The summed E-state index contributed by atoms with van der Waals surface area (Å²) in [4.78, 5) is 38.6. The van der Waals surface area contributed by atoms with E-state index in [9.17, 15) is 19.5 Å². The Hall–Kier alpha value is -3.30. The molecule has 1 atom stereocenters. The van der Waals surface area contributed by atoms with Gasteiger partial charge < -0.3 is 15.3 Å². The maximum Gasteiger partial charge on any atom is 0.414 e. The van der Waals surface area contributed by atoms with Crippen LogP contribution in [0.3, 0.4) is 0 Å². The van der Waals surface area contributed by atoms with Crippen LogP contribution in [0.4, 0.5) is 16.2 Å². The average molecular weight is 492 g/mol. The molecule has 2 aromatic carbocycles. The number of hydrogen-bond donors (Lipinski definition) is 4. The lowest BCUT2D eigenvalue weighted by atomic mass is 10.2. The van der Waals surface area contributed by atoms with E-state index in [0.717, 1.165) is 12.1 Å². The van der Waals surface area contributed by atoms with Gasteiger partial charge in [-0.25, -0.2) is 9.69 Å². The molecule has 0 spiro atoms. The van der Waals surface area contributed by atoms with Crippen LogP contribution in [0, 0.1) is 5.41 Å². The number of halogens is 2. The van der Waals surface area contributed by atoms with E-state index >= 15 is 0 Å². The molecular formula is C22H23Cl2N5O4. The van der Waals surface area contributed by atoms with Crippen LogP contribution in [0.25, 0.3) is 0 Å². The highest BCUT2D eigenvalue weighted by Gasteiger charge is 2.32. The quantitative estimate of drug-likeness (QED) is 0.369. The Bertz CT molecular complexity index is 1060. The minimum absolute atomic E-state index is 0.123. The minimum Gasteiger partial charge on any atom is -0.465 e. The third-order valence-electron chi connectivity index (χ3n) is 5.13. The number of guanidine groups is 1.